The van der Waals surface area contributed by atoms with Crippen LogP contribution in [0.15, 0.2) is 0 Å². The highest BCUT2D eigenvalue weighted by atomic mass is 32.3. The van der Waals surface area contributed by atoms with E-state index < -0.39 is 18.8 Å². The summed E-state index contributed by atoms with van der Waals surface area (Å²) < 4.78 is 35.3. The molecule has 0 unspecified atom stereocenters. The summed E-state index contributed by atoms with van der Waals surface area (Å²) in [4.78, 5) is 0. The van der Waals surface area contributed by atoms with Gasteiger partial charge in [0.15, 0.2) is 0 Å². The van der Waals surface area contributed by atoms with Crippen LogP contribution >= 0.6 is 0 Å². The molecule has 0 spiro atoms. The van der Waals surface area contributed by atoms with E-state index in [0.29, 0.717) is 0 Å². The number of hydrogen-bond donors (Lipinski definition) is 0. The first-order chi connectivity index (χ1) is 3.71. The van der Waals surface area contributed by atoms with E-state index in [0.717, 1.165) is 0 Å². The van der Waals surface area contributed by atoms with E-state index in [4.69, 9.17) is 0 Å². The highest BCUT2D eigenvalue weighted by molar-refractivity contribution is 7.82. The summed E-state index contributed by atoms with van der Waals surface area (Å²) in [5.41, 5.74) is 0. The van der Waals surface area contributed by atoms with Gasteiger partial charge in [0.05, 0.1) is 0 Å². The second-order valence-electron chi connectivity index (χ2n) is 2.59. The van der Waals surface area contributed by atoms with E-state index in [9.17, 15) is 12.3 Å². The van der Waals surface area contributed by atoms with Crippen molar-refractivity contribution in [3.8, 4) is 0 Å². The molecule has 0 aromatic heterocycles. The van der Waals surface area contributed by atoms with Crippen molar-refractivity contribution in [3.05, 3.63) is 0 Å². The molecule has 56 valence electrons. The maximum atomic E-state index is 11.7. The lowest BCUT2D eigenvalue weighted by Crippen LogP contribution is -2.27. The molecule has 0 bridgehead atoms. The molecule has 0 rings (SSSR count). The normalized spacial score (nSPS) is 13.8. The molecule has 0 aromatic rings. The van der Waals surface area contributed by atoms with Crippen LogP contribution in [0.25, 0.3) is 0 Å². The van der Waals surface area contributed by atoms with Gasteiger partial charge in [-0.1, -0.05) is 3.89 Å². The van der Waals surface area contributed by atoms with Crippen LogP contribution in [0.1, 0.15) is 0 Å². The second kappa shape index (κ2) is 2.35. The van der Waals surface area contributed by atoms with Crippen molar-refractivity contribution in [2.24, 2.45) is 0 Å². The molecule has 0 heterocycles. The Morgan fingerprint density at radius 2 is 1.67 bits per heavy atom. The Morgan fingerprint density at radius 1 is 1.33 bits per heavy atom. The van der Waals surface area contributed by atoms with Crippen LogP contribution in [0.3, 0.4) is 0 Å². The van der Waals surface area contributed by atoms with E-state index in [-0.39, 0.29) is 0 Å². The predicted octanol–water partition coefficient (Wildman–Crippen LogP) is 1.05. The van der Waals surface area contributed by atoms with E-state index >= 15 is 0 Å². The molecular formula is C3H9FO3SSi. The minimum Gasteiger partial charge on any atom is -0.291 e. The zero-order valence-corrected chi connectivity index (χ0v) is 7.33. The molecule has 0 aliphatic rings. The van der Waals surface area contributed by atoms with Crippen molar-refractivity contribution in [1.82, 2.24) is 0 Å². The Balaban J connectivity index is 4.07. The molecule has 9 heavy (non-hydrogen) atoms. The first-order valence-corrected chi connectivity index (χ1v) is 7.08. The van der Waals surface area contributed by atoms with Crippen molar-refractivity contribution in [1.29, 1.82) is 0 Å². The summed E-state index contributed by atoms with van der Waals surface area (Å²) in [5, 5.41) is 0. The van der Waals surface area contributed by atoms with Gasteiger partial charge >= 0.3 is 10.5 Å². The fourth-order valence-corrected chi connectivity index (χ4v) is 2.69. The zero-order valence-electron chi connectivity index (χ0n) is 5.51. The molecule has 6 heteroatoms. The van der Waals surface area contributed by atoms with Crippen molar-refractivity contribution >= 4 is 18.8 Å². The first-order valence-electron chi connectivity index (χ1n) is 2.36. The molecule has 0 aromatic carbocycles. The van der Waals surface area contributed by atoms with Crippen LogP contribution in [0.5, 0.6) is 0 Å². The standard InChI is InChI=1S/C3H9FO3SSi/c1-9(2,3)7-8(4,5)6/h1-3H3. The molecule has 0 fully saturated rings. The van der Waals surface area contributed by atoms with Gasteiger partial charge in [-0.15, -0.1) is 0 Å². The molecule has 0 amide bonds. The van der Waals surface area contributed by atoms with Crippen LogP contribution in [0.4, 0.5) is 3.89 Å². The Labute approximate surface area is 55.4 Å². The average Bonchev–Trinajstić information content (AvgIpc) is 1.14. The minimum absolute atomic E-state index is 1.59. The third-order valence-corrected chi connectivity index (χ3v) is 3.15. The van der Waals surface area contributed by atoms with Gasteiger partial charge in [0, 0.05) is 0 Å². The molecule has 0 atom stereocenters. The fourth-order valence-electron chi connectivity index (χ4n) is 0.299. The quantitative estimate of drug-likeness (QED) is 0.462. The van der Waals surface area contributed by atoms with Gasteiger partial charge in [0.2, 0.25) is 8.32 Å². The van der Waals surface area contributed by atoms with Crippen molar-refractivity contribution in [3.63, 3.8) is 0 Å². The Kier molecular flexibility index (Phi) is 2.37. The maximum Gasteiger partial charge on any atom is 0.427 e. The summed E-state index contributed by atoms with van der Waals surface area (Å²) in [6.45, 7) is 4.76. The van der Waals surface area contributed by atoms with Crippen LogP contribution in [-0.4, -0.2) is 16.7 Å². The molecule has 0 saturated heterocycles. The Morgan fingerprint density at radius 3 is 1.67 bits per heavy atom. The maximum absolute atomic E-state index is 11.7. The highest BCUT2D eigenvalue weighted by Crippen LogP contribution is 2.08. The molecule has 0 N–H and O–H groups in total. The Bertz CT molecular complexity index is 180. The highest BCUT2D eigenvalue weighted by Gasteiger charge is 2.23. The van der Waals surface area contributed by atoms with Crippen molar-refractivity contribution in [2.45, 2.75) is 19.6 Å². The van der Waals surface area contributed by atoms with E-state index in [1.165, 1.54) is 0 Å². The molecular weight excluding hydrogens is 163 g/mol. The summed E-state index contributed by atoms with van der Waals surface area (Å²) in [6.07, 6.45) is 0. The molecule has 0 radical (unpaired) electrons. The lowest BCUT2D eigenvalue weighted by Gasteiger charge is -2.10. The lowest BCUT2D eigenvalue weighted by atomic mass is 11.8. The first kappa shape index (κ1) is 9.06. The summed E-state index contributed by atoms with van der Waals surface area (Å²) >= 11 is 0. The zero-order chi connectivity index (χ0) is 7.71. The third kappa shape index (κ3) is 8.06. The number of halogens is 1. The lowest BCUT2D eigenvalue weighted by molar-refractivity contribution is 0.439. The third-order valence-electron chi connectivity index (χ3n) is 0.350. The van der Waals surface area contributed by atoms with E-state index in [1.54, 1.807) is 19.6 Å². The van der Waals surface area contributed by atoms with Crippen LogP contribution in [0.2, 0.25) is 19.6 Å². The summed E-state index contributed by atoms with van der Waals surface area (Å²) in [6, 6.07) is 0. The van der Waals surface area contributed by atoms with Gasteiger partial charge in [-0.2, -0.15) is 8.42 Å². The average molecular weight is 172 g/mol. The van der Waals surface area contributed by atoms with Gasteiger partial charge in [-0.25, -0.2) is 0 Å². The molecule has 0 aliphatic heterocycles. The summed E-state index contributed by atoms with van der Waals surface area (Å²) in [7, 11) is -6.98. The predicted molar refractivity (Wildman–Crippen MR) is 34.5 cm³/mol. The van der Waals surface area contributed by atoms with Crippen LogP contribution < -0.4 is 0 Å². The van der Waals surface area contributed by atoms with Gasteiger partial charge in [-0.3, -0.25) is 3.87 Å². The second-order valence-corrected chi connectivity index (χ2v) is 8.27. The Hall–Kier alpha value is 0.0569. The number of hydrogen-bond acceptors (Lipinski definition) is 3. The van der Waals surface area contributed by atoms with Gasteiger partial charge in [-0.05, 0) is 19.6 Å². The smallest absolute Gasteiger partial charge is 0.291 e. The van der Waals surface area contributed by atoms with Gasteiger partial charge in [0.25, 0.3) is 0 Å². The van der Waals surface area contributed by atoms with Gasteiger partial charge < -0.3 is 0 Å². The van der Waals surface area contributed by atoms with Crippen LogP contribution in [0, 0.1) is 0 Å². The summed E-state index contributed by atoms with van der Waals surface area (Å²) in [5.74, 6) is 0. The molecule has 0 aliphatic carbocycles. The topological polar surface area (TPSA) is 43.4 Å². The minimum atomic E-state index is -4.72. The van der Waals surface area contributed by atoms with Crippen LogP contribution in [-0.2, 0) is 14.4 Å². The SMILES string of the molecule is C[Si](C)(C)OS(=O)(=O)F. The van der Waals surface area contributed by atoms with Crippen molar-refractivity contribution in [2.75, 3.05) is 0 Å². The molecule has 3 nitrogen and oxygen atoms in total. The monoisotopic (exact) mass is 172 g/mol. The largest absolute Gasteiger partial charge is 0.427 e. The number of rotatable bonds is 2. The van der Waals surface area contributed by atoms with Gasteiger partial charge in [0.1, 0.15) is 0 Å². The molecule has 0 saturated carbocycles. The van der Waals surface area contributed by atoms with E-state index in [1.807, 2.05) is 0 Å². The fraction of sp³-hybridized carbons (Fsp3) is 1.00. The van der Waals surface area contributed by atoms with Crippen molar-refractivity contribution < 1.29 is 16.2 Å². The van der Waals surface area contributed by atoms with E-state index in [2.05, 4.69) is 3.87 Å².